The number of amides is 1. The van der Waals surface area contributed by atoms with Gasteiger partial charge in [0.25, 0.3) is 0 Å². The Balaban J connectivity index is 0.000000532. The van der Waals surface area contributed by atoms with Crippen molar-refractivity contribution < 1.29 is 32.3 Å². The van der Waals surface area contributed by atoms with Crippen molar-refractivity contribution in [3.63, 3.8) is 0 Å². The highest BCUT2D eigenvalue weighted by atomic mass is 32.2. The number of benzene rings is 2. The Labute approximate surface area is 229 Å². The van der Waals surface area contributed by atoms with Crippen LogP contribution in [0.5, 0.6) is 5.75 Å². The first-order chi connectivity index (χ1) is 18.5. The van der Waals surface area contributed by atoms with E-state index in [2.05, 4.69) is 11.4 Å². The van der Waals surface area contributed by atoms with Gasteiger partial charge in [0.05, 0.1) is 25.2 Å². The molecule has 1 amide bonds. The second-order valence-corrected chi connectivity index (χ2v) is 11.7. The number of hydrogen-bond acceptors (Lipinski definition) is 7. The predicted octanol–water partition coefficient (Wildman–Crippen LogP) is 3.59. The Kier molecular flexibility index (Phi) is 9.90. The van der Waals surface area contributed by atoms with Crippen LogP contribution >= 0.6 is 0 Å². The molecule has 0 spiro atoms. The molecule has 0 fully saturated rings. The molecule has 39 heavy (non-hydrogen) atoms. The zero-order valence-corrected chi connectivity index (χ0v) is 23.5. The molecule has 4 rings (SSSR count). The molecule has 0 radical (unpaired) electrons. The Bertz CT molecular complexity index is 1400. The minimum Gasteiger partial charge on any atom is -0.497 e. The van der Waals surface area contributed by atoms with Gasteiger partial charge in [0.1, 0.15) is 17.9 Å². The number of carbonyl (C=O) groups is 2. The summed E-state index contributed by atoms with van der Waals surface area (Å²) in [5, 5.41) is 1.05. The maximum Gasteiger partial charge on any atom is 0.326 e. The lowest BCUT2D eigenvalue weighted by molar-refractivity contribution is -0.155. The van der Waals surface area contributed by atoms with Crippen molar-refractivity contribution in [2.45, 2.75) is 50.8 Å². The van der Waals surface area contributed by atoms with Gasteiger partial charge in [-0.15, -0.1) is 6.58 Å². The average Bonchev–Trinajstić information content (AvgIpc) is 3.21. The zero-order chi connectivity index (χ0) is 28.6. The van der Waals surface area contributed by atoms with E-state index in [9.17, 15) is 18.0 Å². The Morgan fingerprint density at radius 1 is 1.13 bits per heavy atom. The molecule has 1 aliphatic heterocycles. The molecule has 1 aliphatic rings. The standard InChI is InChI=1S/C24H28N2O5S.C4H7NO2/c1-24(2,3)31-23(27)16-26-21-8-6-5-7-19(21)20-13-14-25(15-22(20)26)32(28,29)18-11-9-17(30-4)10-12-18;1-2-3-7-5-4-6/h5-12H,13-16H2,1-4H3;2,4H,1,3H2,(H,5,6). The minimum absolute atomic E-state index is 0.0313. The van der Waals surface area contributed by atoms with Gasteiger partial charge in [-0.1, -0.05) is 24.3 Å². The number of hydroxylamine groups is 1. The van der Waals surface area contributed by atoms with Gasteiger partial charge in [-0.2, -0.15) is 4.31 Å². The second kappa shape index (κ2) is 12.9. The van der Waals surface area contributed by atoms with Crippen molar-refractivity contribution >= 4 is 33.3 Å². The molecule has 10 nitrogen and oxygen atoms in total. The minimum atomic E-state index is -3.69. The van der Waals surface area contributed by atoms with Crippen LogP contribution < -0.4 is 10.2 Å². The van der Waals surface area contributed by atoms with Crippen LogP contribution in [0, 0.1) is 0 Å². The van der Waals surface area contributed by atoms with Gasteiger partial charge in [0.2, 0.25) is 16.4 Å². The number of sulfonamides is 1. The van der Waals surface area contributed by atoms with Gasteiger partial charge >= 0.3 is 5.97 Å². The number of nitrogens with zero attached hydrogens (tertiary/aromatic N) is 2. The molecule has 1 aromatic heterocycles. The molecule has 210 valence electrons. The van der Waals surface area contributed by atoms with E-state index in [0.717, 1.165) is 22.2 Å². The highest BCUT2D eigenvalue weighted by molar-refractivity contribution is 7.89. The number of carbonyl (C=O) groups excluding carboxylic acids is 2. The lowest BCUT2D eigenvalue weighted by Crippen LogP contribution is -2.37. The van der Waals surface area contributed by atoms with Crippen molar-refractivity contribution in [3.05, 3.63) is 72.4 Å². The monoisotopic (exact) mass is 557 g/mol. The Morgan fingerprint density at radius 3 is 2.44 bits per heavy atom. The van der Waals surface area contributed by atoms with E-state index in [1.54, 1.807) is 31.4 Å². The number of esters is 1. The Hall–Kier alpha value is -3.67. The lowest BCUT2D eigenvalue weighted by atomic mass is 10.0. The normalized spacial score (nSPS) is 13.5. The highest BCUT2D eigenvalue weighted by Crippen LogP contribution is 2.33. The largest absolute Gasteiger partial charge is 0.497 e. The number of hydrogen-bond donors (Lipinski definition) is 1. The van der Waals surface area contributed by atoms with Crippen LogP contribution in [0.1, 0.15) is 32.0 Å². The molecule has 0 saturated heterocycles. The van der Waals surface area contributed by atoms with Crippen LogP contribution in [0.15, 0.2) is 66.1 Å². The van der Waals surface area contributed by atoms with Gasteiger partial charge < -0.3 is 14.0 Å². The van der Waals surface area contributed by atoms with Crippen LogP contribution in [0.3, 0.4) is 0 Å². The van der Waals surface area contributed by atoms with Crippen molar-refractivity contribution in [1.29, 1.82) is 0 Å². The number of methoxy groups -OCH3 is 1. The molecule has 3 aromatic rings. The quantitative estimate of drug-likeness (QED) is 0.141. The smallest absolute Gasteiger partial charge is 0.326 e. The lowest BCUT2D eigenvalue weighted by Gasteiger charge is -2.28. The number of ether oxygens (including phenoxy) is 2. The zero-order valence-electron chi connectivity index (χ0n) is 22.7. The molecular weight excluding hydrogens is 522 g/mol. The molecule has 2 aromatic carbocycles. The summed E-state index contributed by atoms with van der Waals surface area (Å²) in [4.78, 5) is 26.7. The van der Waals surface area contributed by atoms with E-state index in [1.807, 2.05) is 55.1 Å². The van der Waals surface area contributed by atoms with Crippen LogP contribution in [-0.2, 0) is 48.7 Å². The molecule has 0 unspecified atom stereocenters. The summed E-state index contributed by atoms with van der Waals surface area (Å²) in [6.45, 7) is 9.79. The SMILES string of the molecule is C=CCONC=O.COc1ccc(S(=O)(=O)N2CCc3c(n(CC(=O)OC(C)(C)C)c4ccccc34)C2)cc1. The number of fused-ring (bicyclic) bond motifs is 3. The van der Waals surface area contributed by atoms with E-state index < -0.39 is 15.6 Å². The first-order valence-electron chi connectivity index (χ1n) is 12.4. The summed E-state index contributed by atoms with van der Waals surface area (Å²) in [7, 11) is -2.15. The van der Waals surface area contributed by atoms with E-state index in [4.69, 9.17) is 9.47 Å². The molecule has 2 heterocycles. The first kappa shape index (κ1) is 29.9. The van der Waals surface area contributed by atoms with Crippen LogP contribution in [0.4, 0.5) is 0 Å². The van der Waals surface area contributed by atoms with E-state index in [-0.39, 0.29) is 24.0 Å². The second-order valence-electron chi connectivity index (χ2n) is 9.71. The molecule has 0 atom stereocenters. The van der Waals surface area contributed by atoms with Crippen LogP contribution in [-0.4, -0.2) is 55.5 Å². The fraction of sp³-hybridized carbons (Fsp3) is 0.357. The third-order valence-electron chi connectivity index (χ3n) is 5.87. The summed E-state index contributed by atoms with van der Waals surface area (Å²) in [5.41, 5.74) is 4.24. The van der Waals surface area contributed by atoms with Crippen LogP contribution in [0.25, 0.3) is 10.9 Å². The summed E-state index contributed by atoms with van der Waals surface area (Å²) >= 11 is 0. The van der Waals surface area contributed by atoms with Crippen molar-refractivity contribution in [2.24, 2.45) is 0 Å². The first-order valence-corrected chi connectivity index (χ1v) is 13.8. The average molecular weight is 558 g/mol. The van der Waals surface area contributed by atoms with Crippen molar-refractivity contribution in [2.75, 3.05) is 20.3 Å². The van der Waals surface area contributed by atoms with Gasteiger partial charge in [-0.25, -0.2) is 13.9 Å². The van der Waals surface area contributed by atoms with Gasteiger partial charge in [0, 0.05) is 23.1 Å². The third-order valence-corrected chi connectivity index (χ3v) is 7.73. The van der Waals surface area contributed by atoms with Gasteiger partial charge in [-0.3, -0.25) is 14.4 Å². The number of rotatable bonds is 9. The number of aromatic nitrogens is 1. The topological polar surface area (TPSA) is 116 Å². The molecule has 0 aliphatic carbocycles. The molecular formula is C28H35N3O7S. The maximum absolute atomic E-state index is 13.3. The predicted molar refractivity (Wildman–Crippen MR) is 147 cm³/mol. The fourth-order valence-electron chi connectivity index (χ4n) is 4.30. The highest BCUT2D eigenvalue weighted by Gasteiger charge is 2.32. The van der Waals surface area contributed by atoms with Gasteiger partial charge in [0.15, 0.2) is 0 Å². The van der Waals surface area contributed by atoms with Gasteiger partial charge in [-0.05, 0) is 63.1 Å². The van der Waals surface area contributed by atoms with Crippen LogP contribution in [0.2, 0.25) is 0 Å². The number of nitrogens with one attached hydrogen (secondary N) is 1. The summed E-state index contributed by atoms with van der Waals surface area (Å²) in [6, 6.07) is 14.3. The van der Waals surface area contributed by atoms with E-state index in [0.29, 0.717) is 31.7 Å². The molecule has 11 heteroatoms. The molecule has 0 bridgehead atoms. The summed E-state index contributed by atoms with van der Waals surface area (Å²) in [5.74, 6) is 0.249. The third kappa shape index (κ3) is 7.47. The van der Waals surface area contributed by atoms with E-state index >= 15 is 0 Å². The summed E-state index contributed by atoms with van der Waals surface area (Å²) < 4.78 is 40.7. The van der Waals surface area contributed by atoms with Crippen molar-refractivity contribution in [1.82, 2.24) is 14.4 Å². The van der Waals surface area contributed by atoms with E-state index in [1.165, 1.54) is 10.4 Å². The fourth-order valence-corrected chi connectivity index (χ4v) is 5.70. The molecule has 0 saturated carbocycles. The Morgan fingerprint density at radius 2 is 1.82 bits per heavy atom. The maximum atomic E-state index is 13.3. The molecule has 1 N–H and O–H groups in total. The number of para-hydroxylation sites is 1. The van der Waals surface area contributed by atoms with Crippen molar-refractivity contribution in [3.8, 4) is 5.75 Å². The summed E-state index contributed by atoms with van der Waals surface area (Å²) in [6.07, 6.45) is 2.58.